The highest BCUT2D eigenvalue weighted by molar-refractivity contribution is 6.09. The van der Waals surface area contributed by atoms with E-state index >= 15 is 0 Å². The van der Waals surface area contributed by atoms with E-state index in [-0.39, 0.29) is 17.3 Å². The second-order valence-electron chi connectivity index (χ2n) is 4.99. The van der Waals surface area contributed by atoms with Crippen molar-refractivity contribution in [3.63, 3.8) is 0 Å². The lowest BCUT2D eigenvalue weighted by Gasteiger charge is -2.10. The molecule has 16 heavy (non-hydrogen) atoms. The van der Waals surface area contributed by atoms with Gasteiger partial charge in [-0.1, -0.05) is 19.0 Å². The fourth-order valence-electron chi connectivity index (χ4n) is 2.68. The second-order valence-corrected chi connectivity index (χ2v) is 4.99. The number of nitrogens with zero attached hydrogens (tertiary/aromatic N) is 2. The Hall–Kier alpha value is -1.63. The Balaban J connectivity index is 2.35. The number of rotatable bonds is 1. The minimum atomic E-state index is -0.430. The van der Waals surface area contributed by atoms with Crippen molar-refractivity contribution < 1.29 is 9.63 Å². The first-order chi connectivity index (χ1) is 7.41. The van der Waals surface area contributed by atoms with Crippen LogP contribution in [0.1, 0.15) is 27.7 Å². The van der Waals surface area contributed by atoms with Crippen LogP contribution in [0, 0.1) is 28.6 Å². The third-order valence-electron chi connectivity index (χ3n) is 3.61. The number of hydrogen-bond donors (Lipinski definition) is 0. The third-order valence-corrected chi connectivity index (χ3v) is 3.61. The van der Waals surface area contributed by atoms with Crippen molar-refractivity contribution in [2.75, 3.05) is 0 Å². The number of hydrogen-bond acceptors (Lipinski definition) is 4. The van der Waals surface area contributed by atoms with Crippen LogP contribution >= 0.6 is 0 Å². The highest BCUT2D eigenvalue weighted by Crippen LogP contribution is 2.67. The molecular formula is C12H14N2O2. The Morgan fingerprint density at radius 3 is 2.56 bits per heavy atom. The molecule has 2 aliphatic rings. The number of nitriles is 1. The van der Waals surface area contributed by atoms with Gasteiger partial charge in [-0.3, -0.25) is 0 Å². The fraction of sp³-hybridized carbons (Fsp3) is 0.583. The van der Waals surface area contributed by atoms with Crippen LogP contribution in [0.2, 0.25) is 0 Å². The average molecular weight is 218 g/mol. The molecule has 2 atom stereocenters. The maximum atomic E-state index is 10.7. The highest BCUT2D eigenvalue weighted by atomic mass is 16.7. The van der Waals surface area contributed by atoms with E-state index in [2.05, 4.69) is 29.9 Å². The lowest BCUT2D eigenvalue weighted by molar-refractivity contribution is -0.140. The van der Waals surface area contributed by atoms with Crippen molar-refractivity contribution >= 4 is 11.7 Å². The summed E-state index contributed by atoms with van der Waals surface area (Å²) in [6, 6.07) is 2.24. The van der Waals surface area contributed by atoms with Crippen LogP contribution in [-0.2, 0) is 9.63 Å². The van der Waals surface area contributed by atoms with E-state index in [1.807, 2.05) is 6.92 Å². The molecule has 0 aromatic rings. The second kappa shape index (κ2) is 3.18. The summed E-state index contributed by atoms with van der Waals surface area (Å²) >= 11 is 0. The maximum absolute atomic E-state index is 10.7. The standard InChI is InChI=1S/C12H14N2O2/c1-6-8(5-13)9-10(12(9,3)4)11(6)14-16-7(2)15/h9-10H,1-4H3/b14-11+/t9-,10-/m1/s1. The summed E-state index contributed by atoms with van der Waals surface area (Å²) < 4.78 is 0. The fourth-order valence-corrected chi connectivity index (χ4v) is 2.68. The molecule has 0 radical (unpaired) electrons. The summed E-state index contributed by atoms with van der Waals surface area (Å²) in [5, 5.41) is 13.0. The molecule has 0 spiro atoms. The van der Waals surface area contributed by atoms with Crippen molar-refractivity contribution in [1.82, 2.24) is 0 Å². The van der Waals surface area contributed by atoms with Gasteiger partial charge >= 0.3 is 5.97 Å². The largest absolute Gasteiger partial charge is 0.331 e. The molecule has 0 aliphatic heterocycles. The van der Waals surface area contributed by atoms with Crippen LogP contribution in [0.4, 0.5) is 0 Å². The molecule has 0 saturated heterocycles. The van der Waals surface area contributed by atoms with Gasteiger partial charge in [0.05, 0.1) is 11.8 Å². The summed E-state index contributed by atoms with van der Waals surface area (Å²) in [4.78, 5) is 15.4. The Morgan fingerprint density at radius 1 is 1.50 bits per heavy atom. The quantitative estimate of drug-likeness (QED) is 0.499. The molecular weight excluding hydrogens is 204 g/mol. The molecule has 0 heterocycles. The average Bonchev–Trinajstić information content (AvgIpc) is 2.61. The number of oxime groups is 1. The molecule has 2 rings (SSSR count). The van der Waals surface area contributed by atoms with Gasteiger partial charge in [-0.15, -0.1) is 0 Å². The first-order valence-electron chi connectivity index (χ1n) is 5.28. The Morgan fingerprint density at radius 2 is 2.12 bits per heavy atom. The molecule has 84 valence electrons. The Kier molecular flexibility index (Phi) is 2.16. The van der Waals surface area contributed by atoms with E-state index < -0.39 is 5.97 Å². The molecule has 0 bridgehead atoms. The smallest absolute Gasteiger partial charge is 0.318 e. The first kappa shape index (κ1) is 10.9. The van der Waals surface area contributed by atoms with Crippen LogP contribution in [-0.4, -0.2) is 11.7 Å². The van der Waals surface area contributed by atoms with Crippen molar-refractivity contribution in [3.05, 3.63) is 11.1 Å². The van der Waals surface area contributed by atoms with E-state index in [9.17, 15) is 4.79 Å². The minimum absolute atomic E-state index is 0.0730. The van der Waals surface area contributed by atoms with Gasteiger partial charge < -0.3 is 4.84 Å². The lowest BCUT2D eigenvalue weighted by atomic mass is 9.95. The Labute approximate surface area is 94.6 Å². The first-order valence-corrected chi connectivity index (χ1v) is 5.28. The predicted octanol–water partition coefficient (Wildman–Crippen LogP) is 2.03. The van der Waals surface area contributed by atoms with E-state index in [1.54, 1.807) is 0 Å². The molecule has 4 heteroatoms. The summed E-state index contributed by atoms with van der Waals surface area (Å²) in [6.45, 7) is 7.40. The van der Waals surface area contributed by atoms with Gasteiger partial charge in [0.25, 0.3) is 0 Å². The van der Waals surface area contributed by atoms with Gasteiger partial charge in [0.2, 0.25) is 0 Å². The lowest BCUT2D eigenvalue weighted by Crippen LogP contribution is -2.10. The SMILES string of the molecule is CC(=O)O/N=C1\C(C)=C(C#N)[C@@H]2[C@H]1C2(C)C. The van der Waals surface area contributed by atoms with Gasteiger partial charge in [0, 0.05) is 24.3 Å². The van der Waals surface area contributed by atoms with Crippen molar-refractivity contribution in [3.8, 4) is 6.07 Å². The Bertz CT molecular complexity index is 466. The van der Waals surface area contributed by atoms with Crippen molar-refractivity contribution in [1.29, 1.82) is 5.26 Å². The van der Waals surface area contributed by atoms with E-state index in [0.717, 1.165) is 16.9 Å². The van der Waals surface area contributed by atoms with Gasteiger partial charge in [0.15, 0.2) is 0 Å². The summed E-state index contributed by atoms with van der Waals surface area (Å²) in [6.07, 6.45) is 0. The zero-order valence-corrected chi connectivity index (χ0v) is 9.87. The van der Waals surface area contributed by atoms with Gasteiger partial charge in [-0.25, -0.2) is 4.79 Å². The van der Waals surface area contributed by atoms with Crippen LogP contribution in [0.25, 0.3) is 0 Å². The summed E-state index contributed by atoms with van der Waals surface area (Å²) in [7, 11) is 0. The predicted molar refractivity (Wildman–Crippen MR) is 58.3 cm³/mol. The van der Waals surface area contributed by atoms with E-state index in [4.69, 9.17) is 5.26 Å². The van der Waals surface area contributed by atoms with Crippen LogP contribution in [0.15, 0.2) is 16.3 Å². The molecule has 0 aromatic carbocycles. The van der Waals surface area contributed by atoms with Crippen molar-refractivity contribution in [2.24, 2.45) is 22.4 Å². The molecule has 1 saturated carbocycles. The summed E-state index contributed by atoms with van der Waals surface area (Å²) in [5.41, 5.74) is 2.50. The molecule has 0 aromatic heterocycles. The monoisotopic (exact) mass is 218 g/mol. The molecule has 4 nitrogen and oxygen atoms in total. The number of allylic oxidation sites excluding steroid dienone is 2. The zero-order valence-electron chi connectivity index (χ0n) is 9.87. The number of carbonyl (C=O) groups excluding carboxylic acids is 1. The maximum Gasteiger partial charge on any atom is 0.331 e. The third kappa shape index (κ3) is 1.28. The topological polar surface area (TPSA) is 62.4 Å². The van der Waals surface area contributed by atoms with Gasteiger partial charge in [-0.05, 0) is 17.9 Å². The van der Waals surface area contributed by atoms with Crippen molar-refractivity contribution in [2.45, 2.75) is 27.7 Å². The molecule has 0 unspecified atom stereocenters. The van der Waals surface area contributed by atoms with E-state index in [1.165, 1.54) is 6.92 Å². The summed E-state index contributed by atoms with van der Waals surface area (Å²) in [5.74, 6) is 0.0639. The van der Waals surface area contributed by atoms with Crippen LogP contribution in [0.3, 0.4) is 0 Å². The molecule has 1 fully saturated rings. The normalized spacial score (nSPS) is 32.3. The van der Waals surface area contributed by atoms with Crippen LogP contribution < -0.4 is 0 Å². The van der Waals surface area contributed by atoms with Gasteiger partial charge in [0.1, 0.15) is 0 Å². The van der Waals surface area contributed by atoms with E-state index in [0.29, 0.717) is 0 Å². The number of carbonyl (C=O) groups is 1. The number of fused-ring (bicyclic) bond motifs is 1. The van der Waals surface area contributed by atoms with Crippen LogP contribution in [0.5, 0.6) is 0 Å². The molecule has 0 amide bonds. The molecule has 2 aliphatic carbocycles. The molecule has 0 N–H and O–H groups in total. The van der Waals surface area contributed by atoms with Gasteiger partial charge in [-0.2, -0.15) is 5.26 Å². The zero-order chi connectivity index (χ0) is 12.1. The highest BCUT2D eigenvalue weighted by Gasteiger charge is 2.66. The minimum Gasteiger partial charge on any atom is -0.318 e.